The monoisotopic (exact) mass is 244 g/mol. The number of hydrogen-bond donors (Lipinski definition) is 1. The van der Waals surface area contributed by atoms with Crippen LogP contribution in [0.4, 0.5) is 0 Å². The van der Waals surface area contributed by atoms with Gasteiger partial charge in [-0.2, -0.15) is 0 Å². The fraction of sp³-hybridized carbons (Fsp3) is 0.357. The Kier molecular flexibility index (Phi) is 2.73. The van der Waals surface area contributed by atoms with Gasteiger partial charge in [0.15, 0.2) is 0 Å². The van der Waals surface area contributed by atoms with Crippen LogP contribution in [-0.4, -0.2) is 11.0 Å². The van der Waals surface area contributed by atoms with E-state index in [1.165, 1.54) is 21.7 Å². The number of aromatic nitrogens is 1. The predicted octanol–water partition coefficient (Wildman–Crippen LogP) is 3.15. The summed E-state index contributed by atoms with van der Waals surface area (Å²) in [7, 11) is 0. The molecule has 0 saturated heterocycles. The summed E-state index contributed by atoms with van der Waals surface area (Å²) in [5, 5.41) is 4.65. The molecule has 3 heteroatoms. The Morgan fingerprint density at radius 3 is 3.12 bits per heavy atom. The first-order valence-corrected chi connectivity index (χ1v) is 6.83. The third-order valence-corrected chi connectivity index (χ3v) is 4.30. The van der Waals surface area contributed by atoms with Crippen molar-refractivity contribution in [2.75, 3.05) is 0 Å². The highest BCUT2D eigenvalue weighted by Crippen LogP contribution is 2.30. The van der Waals surface area contributed by atoms with Crippen LogP contribution in [0.25, 0.3) is 10.6 Å². The molecule has 3 rings (SSSR count). The molecule has 0 amide bonds. The molecule has 1 aromatic carbocycles. The molecule has 17 heavy (non-hydrogen) atoms. The number of hydrogen-bond acceptors (Lipinski definition) is 3. The molecule has 2 aromatic rings. The van der Waals surface area contributed by atoms with E-state index >= 15 is 0 Å². The Hall–Kier alpha value is -1.19. The molecule has 1 aliphatic heterocycles. The standard InChI is InChI=1S/C14H16N2S/c1-9-4-3-5-11(6-9)14-16-12-7-10(2)15-8-13(12)17-14/h3-6,10,15H,7-8H2,1-2H3. The largest absolute Gasteiger partial charge is 0.309 e. The van der Waals surface area contributed by atoms with Crippen LogP contribution in [-0.2, 0) is 13.0 Å². The van der Waals surface area contributed by atoms with E-state index in [0.717, 1.165) is 18.0 Å². The number of rotatable bonds is 1. The quantitative estimate of drug-likeness (QED) is 0.833. The van der Waals surface area contributed by atoms with Crippen LogP contribution < -0.4 is 5.32 Å². The molecular weight excluding hydrogens is 228 g/mol. The van der Waals surface area contributed by atoms with E-state index in [1.807, 2.05) is 11.3 Å². The number of benzene rings is 1. The van der Waals surface area contributed by atoms with Crippen molar-refractivity contribution in [2.45, 2.75) is 32.9 Å². The zero-order chi connectivity index (χ0) is 11.8. The molecule has 1 unspecified atom stereocenters. The van der Waals surface area contributed by atoms with Crippen molar-refractivity contribution in [1.29, 1.82) is 0 Å². The summed E-state index contributed by atoms with van der Waals surface area (Å²) >= 11 is 1.83. The normalized spacial score (nSPS) is 19.1. The predicted molar refractivity (Wildman–Crippen MR) is 72.3 cm³/mol. The van der Waals surface area contributed by atoms with E-state index in [2.05, 4.69) is 43.4 Å². The average Bonchev–Trinajstić information content (AvgIpc) is 2.72. The maximum atomic E-state index is 4.79. The second-order valence-corrected chi connectivity index (χ2v) is 5.83. The van der Waals surface area contributed by atoms with Gasteiger partial charge in [0.05, 0.1) is 5.69 Å². The maximum Gasteiger partial charge on any atom is 0.123 e. The molecule has 0 radical (unpaired) electrons. The van der Waals surface area contributed by atoms with Crippen LogP contribution in [0.15, 0.2) is 24.3 Å². The summed E-state index contributed by atoms with van der Waals surface area (Å²) in [5.41, 5.74) is 3.83. The second-order valence-electron chi connectivity index (χ2n) is 4.74. The van der Waals surface area contributed by atoms with Crippen molar-refractivity contribution in [3.63, 3.8) is 0 Å². The lowest BCUT2D eigenvalue weighted by Gasteiger charge is -2.18. The number of aryl methyl sites for hydroxylation is 1. The average molecular weight is 244 g/mol. The number of fused-ring (bicyclic) bond motifs is 1. The van der Waals surface area contributed by atoms with Gasteiger partial charge in [0.25, 0.3) is 0 Å². The minimum absolute atomic E-state index is 0.551. The Morgan fingerprint density at radius 1 is 1.41 bits per heavy atom. The maximum absolute atomic E-state index is 4.79. The van der Waals surface area contributed by atoms with Gasteiger partial charge in [0.1, 0.15) is 5.01 Å². The van der Waals surface area contributed by atoms with E-state index in [-0.39, 0.29) is 0 Å². The molecule has 0 bridgehead atoms. The van der Waals surface area contributed by atoms with Gasteiger partial charge in [0, 0.05) is 29.4 Å². The highest BCUT2D eigenvalue weighted by Gasteiger charge is 2.19. The van der Waals surface area contributed by atoms with E-state index in [4.69, 9.17) is 4.98 Å². The minimum atomic E-state index is 0.551. The fourth-order valence-electron chi connectivity index (χ4n) is 2.21. The van der Waals surface area contributed by atoms with Gasteiger partial charge < -0.3 is 5.32 Å². The lowest BCUT2D eigenvalue weighted by Crippen LogP contribution is -2.32. The zero-order valence-corrected chi connectivity index (χ0v) is 11.0. The summed E-state index contributed by atoms with van der Waals surface area (Å²) in [6.45, 7) is 5.31. The van der Waals surface area contributed by atoms with E-state index < -0.39 is 0 Å². The molecule has 0 saturated carbocycles. The van der Waals surface area contributed by atoms with Gasteiger partial charge in [-0.1, -0.05) is 23.8 Å². The molecule has 1 aliphatic rings. The minimum Gasteiger partial charge on any atom is -0.309 e. The third kappa shape index (κ3) is 2.13. The van der Waals surface area contributed by atoms with Crippen molar-refractivity contribution < 1.29 is 0 Å². The van der Waals surface area contributed by atoms with E-state index in [1.54, 1.807) is 0 Å². The number of nitrogens with one attached hydrogen (secondary N) is 1. The van der Waals surface area contributed by atoms with Gasteiger partial charge in [-0.15, -0.1) is 11.3 Å². The molecule has 0 spiro atoms. The van der Waals surface area contributed by atoms with Crippen molar-refractivity contribution in [2.24, 2.45) is 0 Å². The molecule has 2 nitrogen and oxygen atoms in total. The highest BCUT2D eigenvalue weighted by atomic mass is 32.1. The van der Waals surface area contributed by atoms with Crippen LogP contribution in [0.1, 0.15) is 23.1 Å². The molecule has 1 N–H and O–H groups in total. The summed E-state index contributed by atoms with van der Waals surface area (Å²) in [6.07, 6.45) is 1.05. The van der Waals surface area contributed by atoms with E-state index in [9.17, 15) is 0 Å². The van der Waals surface area contributed by atoms with Gasteiger partial charge >= 0.3 is 0 Å². The summed E-state index contributed by atoms with van der Waals surface area (Å²) < 4.78 is 0. The van der Waals surface area contributed by atoms with Crippen LogP contribution in [0.3, 0.4) is 0 Å². The Bertz CT molecular complexity index is 545. The van der Waals surface area contributed by atoms with Crippen molar-refractivity contribution in [3.05, 3.63) is 40.4 Å². The topological polar surface area (TPSA) is 24.9 Å². The van der Waals surface area contributed by atoms with Crippen LogP contribution >= 0.6 is 11.3 Å². The summed E-state index contributed by atoms with van der Waals surface area (Å²) in [5.74, 6) is 0. The smallest absolute Gasteiger partial charge is 0.123 e. The first-order valence-electron chi connectivity index (χ1n) is 6.01. The third-order valence-electron chi connectivity index (χ3n) is 3.15. The van der Waals surface area contributed by atoms with Crippen LogP contribution in [0.5, 0.6) is 0 Å². The molecular formula is C14H16N2S. The second kappa shape index (κ2) is 4.24. The summed E-state index contributed by atoms with van der Waals surface area (Å²) in [6, 6.07) is 9.14. The fourth-order valence-corrected chi connectivity index (χ4v) is 3.25. The van der Waals surface area contributed by atoms with Crippen LogP contribution in [0.2, 0.25) is 0 Å². The van der Waals surface area contributed by atoms with Gasteiger partial charge in [-0.25, -0.2) is 4.98 Å². The first kappa shape index (κ1) is 10.9. The molecule has 0 aliphatic carbocycles. The number of nitrogens with zero attached hydrogens (tertiary/aromatic N) is 1. The van der Waals surface area contributed by atoms with Gasteiger partial charge in [0.2, 0.25) is 0 Å². The molecule has 0 fully saturated rings. The van der Waals surface area contributed by atoms with E-state index in [0.29, 0.717) is 6.04 Å². The number of thiazole rings is 1. The van der Waals surface area contributed by atoms with Crippen LogP contribution in [0, 0.1) is 6.92 Å². The Morgan fingerprint density at radius 2 is 2.29 bits per heavy atom. The Labute approximate surface area is 106 Å². The van der Waals surface area contributed by atoms with Crippen molar-refractivity contribution in [1.82, 2.24) is 10.3 Å². The molecule has 1 aromatic heterocycles. The molecule has 1 atom stereocenters. The lowest BCUT2D eigenvalue weighted by atomic mass is 10.1. The zero-order valence-electron chi connectivity index (χ0n) is 10.2. The molecule has 2 heterocycles. The van der Waals surface area contributed by atoms with Gasteiger partial charge in [-0.3, -0.25) is 0 Å². The first-order chi connectivity index (χ1) is 8.22. The van der Waals surface area contributed by atoms with Gasteiger partial charge in [-0.05, 0) is 19.9 Å². The SMILES string of the molecule is Cc1cccc(-c2nc3c(s2)CNC(C)C3)c1. The summed E-state index contributed by atoms with van der Waals surface area (Å²) in [4.78, 5) is 6.19. The van der Waals surface area contributed by atoms with Crippen molar-refractivity contribution in [3.8, 4) is 10.6 Å². The van der Waals surface area contributed by atoms with Crippen molar-refractivity contribution >= 4 is 11.3 Å². The lowest BCUT2D eigenvalue weighted by molar-refractivity contribution is 0.513. The Balaban J connectivity index is 2.00. The highest BCUT2D eigenvalue weighted by molar-refractivity contribution is 7.15. The molecule has 88 valence electrons.